The Hall–Kier alpha value is -2.08. The van der Waals surface area contributed by atoms with Crippen molar-refractivity contribution in [2.24, 2.45) is 5.73 Å². The average molecular weight is 280 g/mol. The van der Waals surface area contributed by atoms with E-state index in [9.17, 15) is 13.6 Å². The highest BCUT2D eigenvalue weighted by Gasteiger charge is 2.10. The molecule has 0 aliphatic carbocycles. The van der Waals surface area contributed by atoms with Crippen LogP contribution < -0.4 is 11.5 Å². The second-order valence-corrected chi connectivity index (χ2v) is 4.88. The van der Waals surface area contributed by atoms with Crippen LogP contribution >= 0.6 is 11.8 Å². The molecule has 0 aliphatic rings. The predicted molar refractivity (Wildman–Crippen MR) is 69.9 cm³/mol. The van der Waals surface area contributed by atoms with Gasteiger partial charge in [-0.2, -0.15) is 0 Å². The summed E-state index contributed by atoms with van der Waals surface area (Å²) in [6.07, 6.45) is 0. The van der Waals surface area contributed by atoms with Crippen LogP contribution in [0.15, 0.2) is 46.2 Å². The number of amides is 1. The van der Waals surface area contributed by atoms with Gasteiger partial charge >= 0.3 is 0 Å². The molecule has 0 fully saturated rings. The number of halogens is 2. The molecule has 0 saturated heterocycles. The number of rotatable bonds is 3. The van der Waals surface area contributed by atoms with Crippen LogP contribution in [0.2, 0.25) is 0 Å². The Morgan fingerprint density at radius 1 is 1.05 bits per heavy atom. The van der Waals surface area contributed by atoms with Crippen LogP contribution in [0.5, 0.6) is 0 Å². The van der Waals surface area contributed by atoms with Crippen LogP contribution in [0.1, 0.15) is 10.4 Å². The fourth-order valence-corrected chi connectivity index (χ4v) is 2.35. The molecule has 0 atom stereocenters. The Balaban J connectivity index is 2.37. The van der Waals surface area contributed by atoms with E-state index in [0.29, 0.717) is 10.6 Å². The minimum atomic E-state index is -0.686. The zero-order valence-electron chi connectivity index (χ0n) is 9.69. The SMILES string of the molecule is NC(=O)c1ccc(N)c(Sc2ccc(F)cc2F)c1. The van der Waals surface area contributed by atoms with E-state index in [-0.39, 0.29) is 10.5 Å². The molecule has 0 aromatic heterocycles. The predicted octanol–water partition coefficient (Wildman–Crippen LogP) is 2.80. The summed E-state index contributed by atoms with van der Waals surface area (Å²) in [6.45, 7) is 0. The number of carbonyl (C=O) groups excluding carboxylic acids is 1. The summed E-state index contributed by atoms with van der Waals surface area (Å²) < 4.78 is 26.3. The van der Waals surface area contributed by atoms with Crippen molar-refractivity contribution in [1.29, 1.82) is 0 Å². The first-order valence-electron chi connectivity index (χ1n) is 5.29. The molecule has 19 heavy (non-hydrogen) atoms. The lowest BCUT2D eigenvalue weighted by atomic mass is 10.2. The highest BCUT2D eigenvalue weighted by atomic mass is 32.2. The minimum Gasteiger partial charge on any atom is -0.398 e. The molecule has 2 rings (SSSR count). The Labute approximate surface area is 112 Å². The third-order valence-corrected chi connectivity index (χ3v) is 3.54. The van der Waals surface area contributed by atoms with Crippen molar-refractivity contribution >= 4 is 23.4 Å². The fraction of sp³-hybridized carbons (Fsp3) is 0. The maximum atomic E-state index is 13.5. The first kappa shape index (κ1) is 13.4. The fourth-order valence-electron chi connectivity index (χ4n) is 1.45. The van der Waals surface area contributed by atoms with Gasteiger partial charge in [-0.15, -0.1) is 0 Å². The van der Waals surface area contributed by atoms with Gasteiger partial charge in [0.2, 0.25) is 5.91 Å². The largest absolute Gasteiger partial charge is 0.398 e. The van der Waals surface area contributed by atoms with Crippen molar-refractivity contribution in [2.75, 3.05) is 5.73 Å². The summed E-state index contributed by atoms with van der Waals surface area (Å²) in [4.78, 5) is 11.8. The second kappa shape index (κ2) is 5.27. The van der Waals surface area contributed by atoms with Gasteiger partial charge in [-0.3, -0.25) is 4.79 Å². The first-order valence-corrected chi connectivity index (χ1v) is 6.11. The molecule has 0 bridgehead atoms. The highest BCUT2D eigenvalue weighted by Crippen LogP contribution is 2.34. The van der Waals surface area contributed by atoms with Gasteiger partial charge in [0.25, 0.3) is 0 Å². The summed E-state index contributed by atoms with van der Waals surface area (Å²) in [7, 11) is 0. The van der Waals surface area contributed by atoms with Crippen molar-refractivity contribution < 1.29 is 13.6 Å². The van der Waals surface area contributed by atoms with Gasteiger partial charge in [0.15, 0.2) is 0 Å². The van der Waals surface area contributed by atoms with Gasteiger partial charge in [-0.25, -0.2) is 8.78 Å². The molecule has 2 aromatic rings. The monoisotopic (exact) mass is 280 g/mol. The molecule has 0 radical (unpaired) electrons. The Morgan fingerprint density at radius 3 is 2.42 bits per heavy atom. The zero-order chi connectivity index (χ0) is 14.0. The lowest BCUT2D eigenvalue weighted by Crippen LogP contribution is -2.11. The van der Waals surface area contributed by atoms with Crippen molar-refractivity contribution in [1.82, 2.24) is 0 Å². The Kier molecular flexibility index (Phi) is 3.71. The van der Waals surface area contributed by atoms with Gasteiger partial charge in [0, 0.05) is 27.1 Å². The van der Waals surface area contributed by atoms with Crippen LogP contribution in [-0.2, 0) is 0 Å². The van der Waals surface area contributed by atoms with Crippen LogP contribution in [0.3, 0.4) is 0 Å². The number of carbonyl (C=O) groups is 1. The van der Waals surface area contributed by atoms with E-state index < -0.39 is 17.5 Å². The molecule has 6 heteroatoms. The van der Waals surface area contributed by atoms with Gasteiger partial charge in [-0.1, -0.05) is 11.8 Å². The van der Waals surface area contributed by atoms with E-state index in [1.807, 2.05) is 0 Å². The summed E-state index contributed by atoms with van der Waals surface area (Å²) in [5, 5.41) is 0. The van der Waals surface area contributed by atoms with Crippen LogP contribution in [0.4, 0.5) is 14.5 Å². The molecule has 0 unspecified atom stereocenters. The number of benzene rings is 2. The maximum Gasteiger partial charge on any atom is 0.248 e. The van der Waals surface area contributed by atoms with Gasteiger partial charge in [0.1, 0.15) is 11.6 Å². The van der Waals surface area contributed by atoms with E-state index in [4.69, 9.17) is 11.5 Å². The molecule has 3 nitrogen and oxygen atoms in total. The van der Waals surface area contributed by atoms with E-state index in [0.717, 1.165) is 23.9 Å². The van der Waals surface area contributed by atoms with E-state index in [1.165, 1.54) is 24.3 Å². The molecule has 2 aromatic carbocycles. The second-order valence-electron chi connectivity index (χ2n) is 3.79. The third kappa shape index (κ3) is 3.03. The molecule has 0 saturated carbocycles. The lowest BCUT2D eigenvalue weighted by molar-refractivity contribution is 0.1000. The normalized spacial score (nSPS) is 10.4. The quantitative estimate of drug-likeness (QED) is 0.849. The number of anilines is 1. The Bertz CT molecular complexity index is 647. The van der Waals surface area contributed by atoms with Gasteiger partial charge in [0.05, 0.1) is 0 Å². The molecule has 0 aliphatic heterocycles. The topological polar surface area (TPSA) is 69.1 Å². The summed E-state index contributed by atoms with van der Waals surface area (Å²) in [6, 6.07) is 7.74. The molecule has 4 N–H and O–H groups in total. The highest BCUT2D eigenvalue weighted by molar-refractivity contribution is 7.99. The summed E-state index contributed by atoms with van der Waals surface area (Å²) >= 11 is 1.01. The zero-order valence-corrected chi connectivity index (χ0v) is 10.5. The van der Waals surface area contributed by atoms with E-state index >= 15 is 0 Å². The molecule has 0 spiro atoms. The minimum absolute atomic E-state index is 0.217. The van der Waals surface area contributed by atoms with Crippen molar-refractivity contribution in [2.45, 2.75) is 9.79 Å². The molecule has 1 amide bonds. The average Bonchev–Trinajstić information content (AvgIpc) is 2.34. The van der Waals surface area contributed by atoms with Crippen molar-refractivity contribution in [3.8, 4) is 0 Å². The van der Waals surface area contributed by atoms with Gasteiger partial charge < -0.3 is 11.5 Å². The van der Waals surface area contributed by atoms with Crippen LogP contribution in [0, 0.1) is 11.6 Å². The van der Waals surface area contributed by atoms with Crippen molar-refractivity contribution in [3.05, 3.63) is 53.6 Å². The number of hydrogen-bond donors (Lipinski definition) is 2. The Morgan fingerprint density at radius 2 is 1.79 bits per heavy atom. The number of primary amides is 1. The first-order chi connectivity index (χ1) is 8.97. The summed E-state index contributed by atoms with van der Waals surface area (Å²) in [5.41, 5.74) is 11.6. The summed E-state index contributed by atoms with van der Waals surface area (Å²) in [5.74, 6) is -1.93. The number of nitrogens with two attached hydrogens (primary N) is 2. The van der Waals surface area contributed by atoms with E-state index in [1.54, 1.807) is 0 Å². The molecule has 98 valence electrons. The van der Waals surface area contributed by atoms with E-state index in [2.05, 4.69) is 0 Å². The standard InChI is InChI=1S/C13H10F2N2OS/c14-8-2-4-11(9(15)6-8)19-12-5-7(13(17)18)1-3-10(12)16/h1-6H,16H2,(H2,17,18). The van der Waals surface area contributed by atoms with Crippen LogP contribution in [-0.4, -0.2) is 5.91 Å². The number of nitrogen functional groups attached to an aromatic ring is 1. The molecular formula is C13H10F2N2OS. The molecular weight excluding hydrogens is 270 g/mol. The van der Waals surface area contributed by atoms with Crippen LogP contribution in [0.25, 0.3) is 0 Å². The number of hydrogen-bond acceptors (Lipinski definition) is 3. The third-order valence-electron chi connectivity index (χ3n) is 2.41. The van der Waals surface area contributed by atoms with Crippen molar-refractivity contribution in [3.63, 3.8) is 0 Å². The lowest BCUT2D eigenvalue weighted by Gasteiger charge is -2.07. The molecule has 0 heterocycles. The maximum absolute atomic E-state index is 13.5. The smallest absolute Gasteiger partial charge is 0.248 e. The van der Waals surface area contributed by atoms with Gasteiger partial charge in [-0.05, 0) is 30.3 Å².